The molecule has 0 amide bonds. The van der Waals surface area contributed by atoms with Gasteiger partial charge in [0.2, 0.25) is 0 Å². The fourth-order valence-corrected chi connectivity index (χ4v) is 4.55. The summed E-state index contributed by atoms with van der Waals surface area (Å²) in [4.78, 5) is 18.5. The number of tetrazole rings is 1. The summed E-state index contributed by atoms with van der Waals surface area (Å²) < 4.78 is 23.2. The van der Waals surface area contributed by atoms with E-state index in [9.17, 15) is 4.79 Å². The Labute approximate surface area is 221 Å². The highest BCUT2D eigenvalue weighted by Gasteiger charge is 2.26. The number of benzene rings is 2. The first-order valence-corrected chi connectivity index (χ1v) is 12.4. The second-order valence-corrected chi connectivity index (χ2v) is 8.85. The van der Waals surface area contributed by atoms with Gasteiger partial charge in [0, 0.05) is 37.2 Å². The van der Waals surface area contributed by atoms with Gasteiger partial charge in [0.25, 0.3) is 5.56 Å². The average molecular weight is 523 g/mol. The minimum Gasteiger partial charge on any atom is -0.497 e. The molecule has 4 aromatic rings. The van der Waals surface area contributed by atoms with Gasteiger partial charge in [0.15, 0.2) is 17.3 Å². The number of aromatic nitrogens is 5. The number of rotatable bonds is 13. The van der Waals surface area contributed by atoms with E-state index in [1.807, 2.05) is 36.4 Å². The maximum atomic E-state index is 13.2. The van der Waals surface area contributed by atoms with Crippen LogP contribution in [0, 0.1) is 0 Å². The number of aromatic amines is 1. The highest BCUT2D eigenvalue weighted by atomic mass is 16.5. The van der Waals surface area contributed by atoms with Crippen molar-refractivity contribution in [3.63, 3.8) is 0 Å². The first-order chi connectivity index (χ1) is 18.5. The van der Waals surface area contributed by atoms with Crippen LogP contribution in [0.3, 0.4) is 0 Å². The minimum absolute atomic E-state index is 0.149. The van der Waals surface area contributed by atoms with Gasteiger partial charge >= 0.3 is 0 Å². The van der Waals surface area contributed by atoms with E-state index in [0.717, 1.165) is 28.9 Å². The first kappa shape index (κ1) is 27.1. The molecule has 0 saturated carbocycles. The highest BCUT2D eigenvalue weighted by molar-refractivity contribution is 5.83. The minimum atomic E-state index is -0.168. The van der Waals surface area contributed by atoms with Gasteiger partial charge in [-0.15, -0.1) is 5.10 Å². The molecule has 2 heterocycles. The number of hydrogen-bond acceptors (Lipinski definition) is 9. The van der Waals surface area contributed by atoms with Crippen LogP contribution >= 0.6 is 0 Å². The van der Waals surface area contributed by atoms with Gasteiger partial charge in [0.1, 0.15) is 5.75 Å². The molecule has 38 heavy (non-hydrogen) atoms. The number of H-pyrrole nitrogens is 1. The molecule has 0 bridgehead atoms. The van der Waals surface area contributed by atoms with Crippen molar-refractivity contribution in [2.45, 2.75) is 39.0 Å². The molecular formula is C27H34N6O5. The van der Waals surface area contributed by atoms with Gasteiger partial charge in [0.05, 0.1) is 46.0 Å². The van der Waals surface area contributed by atoms with E-state index >= 15 is 0 Å². The largest absolute Gasteiger partial charge is 0.497 e. The molecule has 0 aliphatic rings. The van der Waals surface area contributed by atoms with Gasteiger partial charge in [-0.25, -0.2) is 4.68 Å². The molecule has 2 aromatic carbocycles. The zero-order valence-electron chi connectivity index (χ0n) is 22.4. The zero-order chi connectivity index (χ0) is 27.1. The Morgan fingerprint density at radius 3 is 2.37 bits per heavy atom. The normalized spacial score (nSPS) is 12.2. The third-order valence-electron chi connectivity index (χ3n) is 6.54. The molecule has 0 aliphatic carbocycles. The maximum absolute atomic E-state index is 13.2. The van der Waals surface area contributed by atoms with Crippen LogP contribution in [0.1, 0.15) is 36.3 Å². The van der Waals surface area contributed by atoms with Crippen molar-refractivity contribution in [3.8, 4) is 17.2 Å². The standard InChI is InChI=1S/C27H34N6O5/c1-6-23(26-29-30-31-33(26)11-12-35-2)32(16-18-7-9-21(36-3)10-8-18)17-20-13-19-14-24(37-4)25(38-5)15-22(19)28-27(20)34/h7-10,13-15,23H,6,11-12,16-17H2,1-5H3,(H,28,34)/t23-/m0/s1. The summed E-state index contributed by atoms with van der Waals surface area (Å²) in [5.41, 5.74) is 2.20. The van der Waals surface area contributed by atoms with Gasteiger partial charge < -0.3 is 23.9 Å². The molecule has 0 unspecified atom stereocenters. The van der Waals surface area contributed by atoms with Gasteiger partial charge in [-0.05, 0) is 46.7 Å². The Bertz CT molecular complexity index is 1400. The molecule has 11 nitrogen and oxygen atoms in total. The van der Waals surface area contributed by atoms with Crippen molar-refractivity contribution in [1.29, 1.82) is 0 Å². The molecule has 2 aromatic heterocycles. The van der Waals surface area contributed by atoms with Crippen LogP contribution in [0.15, 0.2) is 47.3 Å². The number of hydrogen-bond donors (Lipinski definition) is 1. The molecule has 0 aliphatic heterocycles. The van der Waals surface area contributed by atoms with Crippen molar-refractivity contribution in [1.82, 2.24) is 30.1 Å². The molecule has 202 valence electrons. The summed E-state index contributed by atoms with van der Waals surface area (Å²) in [6, 6.07) is 13.3. The Balaban J connectivity index is 1.74. The topological polar surface area (TPSA) is 117 Å². The second kappa shape index (κ2) is 12.5. The zero-order valence-corrected chi connectivity index (χ0v) is 22.4. The molecule has 0 fully saturated rings. The number of methoxy groups -OCH3 is 4. The van der Waals surface area contributed by atoms with E-state index < -0.39 is 0 Å². The van der Waals surface area contributed by atoms with Crippen LogP contribution in [0.25, 0.3) is 10.9 Å². The van der Waals surface area contributed by atoms with Gasteiger partial charge in [-0.1, -0.05) is 19.1 Å². The van der Waals surface area contributed by atoms with Gasteiger partial charge in [-0.3, -0.25) is 9.69 Å². The fraction of sp³-hybridized carbons (Fsp3) is 0.407. The van der Waals surface area contributed by atoms with E-state index in [1.54, 1.807) is 39.2 Å². The third kappa shape index (κ3) is 5.95. The summed E-state index contributed by atoms with van der Waals surface area (Å²) >= 11 is 0. The van der Waals surface area contributed by atoms with Crippen LogP contribution in [-0.2, 0) is 24.4 Å². The van der Waals surface area contributed by atoms with E-state index in [4.69, 9.17) is 18.9 Å². The summed E-state index contributed by atoms with van der Waals surface area (Å²) in [6.45, 7) is 4.06. The molecule has 0 saturated heterocycles. The fourth-order valence-electron chi connectivity index (χ4n) is 4.55. The molecule has 4 rings (SSSR count). The van der Waals surface area contributed by atoms with Crippen molar-refractivity contribution >= 4 is 10.9 Å². The maximum Gasteiger partial charge on any atom is 0.252 e. The highest BCUT2D eigenvalue weighted by Crippen LogP contribution is 2.32. The third-order valence-corrected chi connectivity index (χ3v) is 6.54. The molecule has 0 radical (unpaired) electrons. The second-order valence-electron chi connectivity index (χ2n) is 8.85. The lowest BCUT2D eigenvalue weighted by Crippen LogP contribution is -2.32. The van der Waals surface area contributed by atoms with E-state index in [-0.39, 0.29) is 11.6 Å². The van der Waals surface area contributed by atoms with Crippen molar-refractivity contribution in [3.05, 3.63) is 69.8 Å². The summed E-state index contributed by atoms with van der Waals surface area (Å²) in [7, 11) is 6.45. The first-order valence-electron chi connectivity index (χ1n) is 12.4. The number of pyridine rings is 1. The summed E-state index contributed by atoms with van der Waals surface area (Å²) in [5, 5.41) is 13.3. The smallest absolute Gasteiger partial charge is 0.252 e. The Kier molecular flexibility index (Phi) is 8.93. The van der Waals surface area contributed by atoms with E-state index in [2.05, 4.69) is 32.3 Å². The lowest BCUT2D eigenvalue weighted by molar-refractivity contribution is 0.151. The molecule has 0 spiro atoms. The van der Waals surface area contributed by atoms with E-state index in [1.165, 1.54) is 0 Å². The summed E-state index contributed by atoms with van der Waals surface area (Å²) in [6.07, 6.45) is 0.736. The molecule has 11 heteroatoms. The van der Waals surface area contributed by atoms with Crippen molar-refractivity contribution in [2.75, 3.05) is 35.0 Å². The Hall–Kier alpha value is -3.96. The van der Waals surface area contributed by atoms with Crippen LogP contribution in [0.4, 0.5) is 0 Å². The quantitative estimate of drug-likeness (QED) is 0.282. The number of nitrogens with zero attached hydrogens (tertiary/aromatic N) is 5. The molecular weight excluding hydrogens is 488 g/mol. The Morgan fingerprint density at radius 1 is 0.974 bits per heavy atom. The van der Waals surface area contributed by atoms with Crippen molar-refractivity contribution < 1.29 is 18.9 Å². The Morgan fingerprint density at radius 2 is 1.71 bits per heavy atom. The molecule has 1 atom stereocenters. The predicted octanol–water partition coefficient (Wildman–Crippen LogP) is 3.34. The summed E-state index contributed by atoms with van der Waals surface area (Å²) in [5.74, 6) is 2.66. The van der Waals surface area contributed by atoms with Gasteiger partial charge in [-0.2, -0.15) is 0 Å². The van der Waals surface area contributed by atoms with Crippen LogP contribution in [-0.4, -0.2) is 65.1 Å². The SMILES string of the molecule is CC[C@@H](c1nnnn1CCOC)N(Cc1ccc(OC)cc1)Cc1cc2cc(OC)c(OC)cc2[nH]c1=O. The van der Waals surface area contributed by atoms with Crippen LogP contribution < -0.4 is 19.8 Å². The molecule has 1 N–H and O–H groups in total. The number of nitrogens with one attached hydrogen (secondary N) is 1. The van der Waals surface area contributed by atoms with Crippen LogP contribution in [0.2, 0.25) is 0 Å². The lowest BCUT2D eigenvalue weighted by Gasteiger charge is -2.30. The average Bonchev–Trinajstić information content (AvgIpc) is 3.40. The number of fused-ring (bicyclic) bond motifs is 1. The predicted molar refractivity (Wildman–Crippen MR) is 143 cm³/mol. The van der Waals surface area contributed by atoms with E-state index in [0.29, 0.717) is 48.8 Å². The van der Waals surface area contributed by atoms with Crippen LogP contribution in [0.5, 0.6) is 17.2 Å². The van der Waals surface area contributed by atoms with Crippen molar-refractivity contribution in [2.24, 2.45) is 0 Å². The lowest BCUT2D eigenvalue weighted by atomic mass is 10.1. The number of ether oxygens (including phenoxy) is 4. The monoisotopic (exact) mass is 522 g/mol.